The maximum absolute atomic E-state index is 10.8. The number of hydrogen-bond acceptors (Lipinski definition) is 4. The Labute approximate surface area is 99.5 Å². The van der Waals surface area contributed by atoms with Crippen molar-refractivity contribution in [3.63, 3.8) is 0 Å². The standard InChI is InChI=1S/C11H17NO3S/c1-8(2)12(4-5-15-3)9-6-10(11(13)14)16-7-9/h6-8H,4-5H2,1-3H3,(H,13,14). The Hall–Kier alpha value is -1.07. The lowest BCUT2D eigenvalue weighted by Gasteiger charge is -2.27. The molecule has 0 bridgehead atoms. The predicted octanol–water partition coefficient (Wildman–Crippen LogP) is 2.31. The van der Waals surface area contributed by atoms with Gasteiger partial charge >= 0.3 is 5.97 Å². The van der Waals surface area contributed by atoms with Crippen molar-refractivity contribution >= 4 is 23.0 Å². The van der Waals surface area contributed by atoms with Crippen LogP contribution in [0.5, 0.6) is 0 Å². The Morgan fingerprint density at radius 2 is 2.31 bits per heavy atom. The normalized spacial score (nSPS) is 10.8. The number of ether oxygens (including phenoxy) is 1. The summed E-state index contributed by atoms with van der Waals surface area (Å²) in [4.78, 5) is 13.3. The molecule has 0 saturated heterocycles. The van der Waals surface area contributed by atoms with Crippen LogP contribution >= 0.6 is 11.3 Å². The van der Waals surface area contributed by atoms with E-state index in [0.717, 1.165) is 12.2 Å². The van der Waals surface area contributed by atoms with Gasteiger partial charge in [-0.05, 0) is 19.9 Å². The molecule has 0 aliphatic heterocycles. The Morgan fingerprint density at radius 1 is 1.62 bits per heavy atom. The zero-order valence-electron chi connectivity index (χ0n) is 9.77. The summed E-state index contributed by atoms with van der Waals surface area (Å²) in [6.45, 7) is 5.56. The van der Waals surface area contributed by atoms with Crippen molar-refractivity contribution in [3.05, 3.63) is 16.3 Å². The number of anilines is 1. The van der Waals surface area contributed by atoms with Crippen LogP contribution in [0, 0.1) is 0 Å². The number of nitrogens with zero attached hydrogens (tertiary/aromatic N) is 1. The molecule has 0 fully saturated rings. The van der Waals surface area contributed by atoms with Gasteiger partial charge in [0.05, 0.1) is 6.61 Å². The van der Waals surface area contributed by atoms with Gasteiger partial charge in [-0.1, -0.05) is 0 Å². The molecule has 1 rings (SSSR count). The minimum absolute atomic E-state index is 0.325. The van der Waals surface area contributed by atoms with Gasteiger partial charge in [0.1, 0.15) is 4.88 Å². The van der Waals surface area contributed by atoms with E-state index in [1.807, 2.05) is 5.38 Å². The highest BCUT2D eigenvalue weighted by Crippen LogP contribution is 2.24. The molecular formula is C11H17NO3S. The summed E-state index contributed by atoms with van der Waals surface area (Å²) < 4.78 is 5.04. The van der Waals surface area contributed by atoms with E-state index in [0.29, 0.717) is 17.5 Å². The summed E-state index contributed by atoms with van der Waals surface area (Å²) in [6, 6.07) is 2.04. The summed E-state index contributed by atoms with van der Waals surface area (Å²) in [6.07, 6.45) is 0. The second-order valence-corrected chi connectivity index (χ2v) is 4.67. The van der Waals surface area contributed by atoms with E-state index >= 15 is 0 Å². The summed E-state index contributed by atoms with van der Waals surface area (Å²) in [7, 11) is 1.66. The van der Waals surface area contributed by atoms with Gasteiger partial charge in [0.15, 0.2) is 0 Å². The van der Waals surface area contributed by atoms with Gasteiger partial charge in [-0.3, -0.25) is 0 Å². The Balaban J connectivity index is 2.80. The van der Waals surface area contributed by atoms with Gasteiger partial charge in [-0.15, -0.1) is 11.3 Å². The maximum Gasteiger partial charge on any atom is 0.345 e. The number of thiophene rings is 1. The molecule has 4 nitrogen and oxygen atoms in total. The molecule has 0 unspecified atom stereocenters. The van der Waals surface area contributed by atoms with Crippen molar-refractivity contribution in [1.82, 2.24) is 0 Å². The van der Waals surface area contributed by atoms with Crippen molar-refractivity contribution in [3.8, 4) is 0 Å². The highest BCUT2D eigenvalue weighted by atomic mass is 32.1. The van der Waals surface area contributed by atoms with Gasteiger partial charge in [-0.25, -0.2) is 4.79 Å². The van der Waals surface area contributed by atoms with E-state index in [-0.39, 0.29) is 0 Å². The average Bonchev–Trinajstić information content (AvgIpc) is 2.67. The second kappa shape index (κ2) is 5.86. The lowest BCUT2D eigenvalue weighted by molar-refractivity contribution is 0.0702. The van der Waals surface area contributed by atoms with Crippen LogP contribution in [0.25, 0.3) is 0 Å². The van der Waals surface area contributed by atoms with Crippen LogP contribution < -0.4 is 4.90 Å². The molecule has 0 aliphatic rings. The number of rotatable bonds is 6. The van der Waals surface area contributed by atoms with Crippen molar-refractivity contribution in [2.24, 2.45) is 0 Å². The highest BCUT2D eigenvalue weighted by molar-refractivity contribution is 7.12. The predicted molar refractivity (Wildman–Crippen MR) is 65.6 cm³/mol. The minimum Gasteiger partial charge on any atom is -0.477 e. The third-order valence-electron chi connectivity index (χ3n) is 2.29. The first-order valence-electron chi connectivity index (χ1n) is 5.13. The van der Waals surface area contributed by atoms with E-state index < -0.39 is 5.97 Å². The SMILES string of the molecule is COCCN(c1csc(C(=O)O)c1)C(C)C. The van der Waals surface area contributed by atoms with E-state index in [1.54, 1.807) is 13.2 Å². The maximum atomic E-state index is 10.8. The topological polar surface area (TPSA) is 49.8 Å². The molecule has 0 spiro atoms. The zero-order valence-corrected chi connectivity index (χ0v) is 10.6. The fourth-order valence-corrected chi connectivity index (χ4v) is 2.20. The molecule has 1 aromatic rings. The first kappa shape index (κ1) is 13.0. The molecule has 0 atom stereocenters. The smallest absolute Gasteiger partial charge is 0.345 e. The van der Waals surface area contributed by atoms with Crippen LogP contribution in [0.2, 0.25) is 0 Å². The van der Waals surface area contributed by atoms with Crippen molar-refractivity contribution in [2.45, 2.75) is 19.9 Å². The first-order valence-corrected chi connectivity index (χ1v) is 6.01. The summed E-state index contributed by atoms with van der Waals surface area (Å²) >= 11 is 1.25. The first-order chi connectivity index (χ1) is 7.56. The van der Waals surface area contributed by atoms with Crippen LogP contribution in [-0.4, -0.2) is 37.4 Å². The number of methoxy groups -OCH3 is 1. The second-order valence-electron chi connectivity index (χ2n) is 3.75. The zero-order chi connectivity index (χ0) is 12.1. The van der Waals surface area contributed by atoms with Gasteiger partial charge in [0, 0.05) is 30.8 Å². The molecule has 0 aliphatic carbocycles. The summed E-state index contributed by atoms with van der Waals surface area (Å²) in [5, 5.41) is 10.7. The molecule has 0 amide bonds. The fourth-order valence-electron chi connectivity index (χ4n) is 1.46. The quantitative estimate of drug-likeness (QED) is 0.833. The highest BCUT2D eigenvalue weighted by Gasteiger charge is 2.14. The van der Waals surface area contributed by atoms with E-state index in [1.165, 1.54) is 11.3 Å². The molecule has 0 aromatic carbocycles. The molecule has 0 saturated carbocycles. The van der Waals surface area contributed by atoms with Gasteiger partial charge in [0.2, 0.25) is 0 Å². The number of hydrogen-bond donors (Lipinski definition) is 1. The van der Waals surface area contributed by atoms with Gasteiger partial charge < -0.3 is 14.7 Å². The van der Waals surface area contributed by atoms with Crippen molar-refractivity contribution < 1.29 is 14.6 Å². The number of carbonyl (C=O) groups is 1. The lowest BCUT2D eigenvalue weighted by Crippen LogP contribution is -2.33. The van der Waals surface area contributed by atoms with E-state index in [4.69, 9.17) is 9.84 Å². The molecular weight excluding hydrogens is 226 g/mol. The third-order valence-corrected chi connectivity index (χ3v) is 3.19. The van der Waals surface area contributed by atoms with Gasteiger partial charge in [0.25, 0.3) is 0 Å². The molecule has 0 radical (unpaired) electrons. The number of aromatic carboxylic acids is 1. The third kappa shape index (κ3) is 3.21. The molecule has 16 heavy (non-hydrogen) atoms. The van der Waals surface area contributed by atoms with Crippen LogP contribution in [0.4, 0.5) is 5.69 Å². The fraction of sp³-hybridized carbons (Fsp3) is 0.545. The lowest BCUT2D eigenvalue weighted by atomic mass is 10.3. The van der Waals surface area contributed by atoms with Gasteiger partial charge in [-0.2, -0.15) is 0 Å². The average molecular weight is 243 g/mol. The summed E-state index contributed by atoms with van der Waals surface area (Å²) in [5.41, 5.74) is 0.953. The van der Waals surface area contributed by atoms with E-state index in [9.17, 15) is 4.79 Å². The van der Waals surface area contributed by atoms with Crippen molar-refractivity contribution in [2.75, 3.05) is 25.2 Å². The van der Waals surface area contributed by atoms with Crippen molar-refractivity contribution in [1.29, 1.82) is 0 Å². The molecule has 5 heteroatoms. The van der Waals surface area contributed by atoms with E-state index in [2.05, 4.69) is 18.7 Å². The molecule has 1 heterocycles. The Kier molecular flexibility index (Phi) is 4.76. The number of carboxylic acid groups (broad SMARTS) is 1. The summed E-state index contributed by atoms with van der Waals surface area (Å²) in [5.74, 6) is -0.869. The van der Waals surface area contributed by atoms with Crippen LogP contribution in [0.1, 0.15) is 23.5 Å². The van der Waals surface area contributed by atoms with Crippen LogP contribution in [0.15, 0.2) is 11.4 Å². The molecule has 90 valence electrons. The minimum atomic E-state index is -0.869. The Morgan fingerprint density at radius 3 is 2.75 bits per heavy atom. The van der Waals surface area contributed by atoms with Crippen LogP contribution in [-0.2, 0) is 4.74 Å². The number of carboxylic acids is 1. The monoisotopic (exact) mass is 243 g/mol. The van der Waals surface area contributed by atoms with Crippen LogP contribution in [0.3, 0.4) is 0 Å². The largest absolute Gasteiger partial charge is 0.477 e. The Bertz CT molecular complexity index is 349. The molecule has 1 N–H and O–H groups in total. The molecule has 1 aromatic heterocycles.